The quantitative estimate of drug-likeness (QED) is 0.761. The Kier molecular flexibility index (Phi) is 3.58. The van der Waals surface area contributed by atoms with Gasteiger partial charge in [0.15, 0.2) is 5.75 Å². The third-order valence-corrected chi connectivity index (χ3v) is 3.49. The summed E-state index contributed by atoms with van der Waals surface area (Å²) in [6, 6.07) is 14.2. The van der Waals surface area contributed by atoms with Gasteiger partial charge >= 0.3 is 5.97 Å². The molecule has 0 saturated heterocycles. The molecule has 0 amide bonds. The molecule has 0 aliphatic heterocycles. The summed E-state index contributed by atoms with van der Waals surface area (Å²) in [6.07, 6.45) is 1.60. The molecule has 1 N–H and O–H groups in total. The molecule has 0 radical (unpaired) electrons. The Labute approximate surface area is 129 Å². The van der Waals surface area contributed by atoms with Crippen molar-refractivity contribution in [1.82, 2.24) is 4.98 Å². The van der Waals surface area contributed by atoms with Crippen LogP contribution in [0.5, 0.6) is 11.6 Å². The maximum absolute atomic E-state index is 11.4. The monoisotopic (exact) mass is 343 g/mol. The number of carboxylic acids is 1. The Morgan fingerprint density at radius 2 is 1.90 bits per heavy atom. The van der Waals surface area contributed by atoms with Gasteiger partial charge in [0, 0.05) is 22.1 Å². The molecule has 4 nitrogen and oxygen atoms in total. The molecule has 0 bridgehead atoms. The fourth-order valence-electron chi connectivity index (χ4n) is 2.05. The van der Waals surface area contributed by atoms with Gasteiger partial charge in [-0.2, -0.15) is 0 Å². The Morgan fingerprint density at radius 1 is 1.10 bits per heavy atom. The number of ether oxygens (including phenoxy) is 1. The van der Waals surface area contributed by atoms with E-state index >= 15 is 0 Å². The number of fused-ring (bicyclic) bond motifs is 1. The minimum absolute atomic E-state index is 0.110. The third kappa shape index (κ3) is 2.73. The molecule has 1 heterocycles. The zero-order valence-corrected chi connectivity index (χ0v) is 12.4. The second-order valence-corrected chi connectivity index (χ2v) is 5.30. The highest BCUT2D eigenvalue weighted by Gasteiger charge is 2.16. The zero-order valence-electron chi connectivity index (χ0n) is 10.8. The van der Waals surface area contributed by atoms with E-state index in [0.29, 0.717) is 11.6 Å². The summed E-state index contributed by atoms with van der Waals surface area (Å²) >= 11 is 3.30. The number of halogens is 1. The number of rotatable bonds is 3. The predicted molar refractivity (Wildman–Crippen MR) is 82.9 cm³/mol. The number of benzene rings is 2. The van der Waals surface area contributed by atoms with E-state index in [9.17, 15) is 9.90 Å². The maximum atomic E-state index is 11.4. The first-order chi connectivity index (χ1) is 10.1. The van der Waals surface area contributed by atoms with Gasteiger partial charge in [0.25, 0.3) is 0 Å². The van der Waals surface area contributed by atoms with Crippen LogP contribution in [-0.4, -0.2) is 16.1 Å². The summed E-state index contributed by atoms with van der Waals surface area (Å²) in [6.45, 7) is 0. The van der Waals surface area contributed by atoms with Gasteiger partial charge in [0.05, 0.1) is 0 Å². The molecule has 2 aromatic carbocycles. The van der Waals surface area contributed by atoms with Crippen molar-refractivity contribution in [2.45, 2.75) is 0 Å². The van der Waals surface area contributed by atoms with Crippen molar-refractivity contribution < 1.29 is 14.6 Å². The van der Waals surface area contributed by atoms with Gasteiger partial charge in [-0.1, -0.05) is 30.3 Å². The van der Waals surface area contributed by atoms with Crippen LogP contribution in [0.15, 0.2) is 59.2 Å². The normalized spacial score (nSPS) is 10.5. The van der Waals surface area contributed by atoms with Crippen LogP contribution in [-0.2, 0) is 0 Å². The largest absolute Gasteiger partial charge is 0.478 e. The second kappa shape index (κ2) is 5.54. The SMILES string of the molecule is O=C(O)c1ccc2ccccc2c1Oc1ccc(Br)cn1. The summed E-state index contributed by atoms with van der Waals surface area (Å²) in [5.74, 6) is -0.389. The minimum atomic E-state index is -1.03. The topological polar surface area (TPSA) is 59.4 Å². The van der Waals surface area contributed by atoms with Crippen molar-refractivity contribution in [2.24, 2.45) is 0 Å². The van der Waals surface area contributed by atoms with Gasteiger partial charge in [0.1, 0.15) is 5.56 Å². The first kappa shape index (κ1) is 13.6. The number of carbonyl (C=O) groups is 1. The molecule has 0 aliphatic rings. The molecule has 104 valence electrons. The van der Waals surface area contributed by atoms with Gasteiger partial charge in [-0.05, 0) is 33.4 Å². The van der Waals surface area contributed by atoms with Crippen molar-refractivity contribution in [3.8, 4) is 11.6 Å². The summed E-state index contributed by atoms with van der Waals surface area (Å²) < 4.78 is 6.55. The average Bonchev–Trinajstić information content (AvgIpc) is 2.49. The highest BCUT2D eigenvalue weighted by molar-refractivity contribution is 9.10. The Balaban J connectivity index is 2.16. The van der Waals surface area contributed by atoms with Crippen LogP contribution in [0.1, 0.15) is 10.4 Å². The molecule has 0 aliphatic carbocycles. The Bertz CT molecular complexity index is 815. The number of carboxylic acid groups (broad SMARTS) is 1. The third-order valence-electron chi connectivity index (χ3n) is 3.02. The van der Waals surface area contributed by atoms with E-state index in [-0.39, 0.29) is 5.56 Å². The second-order valence-electron chi connectivity index (χ2n) is 4.39. The van der Waals surface area contributed by atoms with Crippen LogP contribution in [0.25, 0.3) is 10.8 Å². The van der Waals surface area contributed by atoms with Crippen LogP contribution >= 0.6 is 15.9 Å². The molecule has 5 heteroatoms. The van der Waals surface area contributed by atoms with Crippen molar-refractivity contribution in [3.63, 3.8) is 0 Å². The number of hydrogen-bond acceptors (Lipinski definition) is 3. The van der Waals surface area contributed by atoms with Crippen LogP contribution in [0.3, 0.4) is 0 Å². The van der Waals surface area contributed by atoms with E-state index < -0.39 is 5.97 Å². The molecule has 0 unspecified atom stereocenters. The molecular weight excluding hydrogens is 334 g/mol. The lowest BCUT2D eigenvalue weighted by Gasteiger charge is -2.11. The first-order valence-electron chi connectivity index (χ1n) is 6.19. The molecule has 0 saturated carbocycles. The molecule has 3 aromatic rings. The Hall–Kier alpha value is -2.40. The molecule has 0 spiro atoms. The van der Waals surface area contributed by atoms with E-state index in [4.69, 9.17) is 4.74 Å². The highest BCUT2D eigenvalue weighted by Crippen LogP contribution is 2.33. The van der Waals surface area contributed by atoms with E-state index in [1.807, 2.05) is 24.3 Å². The molecule has 1 aromatic heterocycles. The molecule has 0 atom stereocenters. The smallest absolute Gasteiger partial charge is 0.339 e. The van der Waals surface area contributed by atoms with Crippen molar-refractivity contribution in [1.29, 1.82) is 0 Å². The zero-order chi connectivity index (χ0) is 14.8. The van der Waals surface area contributed by atoms with Crippen LogP contribution in [0.2, 0.25) is 0 Å². The summed E-state index contributed by atoms with van der Waals surface area (Å²) in [5, 5.41) is 11.0. The highest BCUT2D eigenvalue weighted by atomic mass is 79.9. The van der Waals surface area contributed by atoms with Crippen molar-refractivity contribution >= 4 is 32.7 Å². The number of hydrogen-bond donors (Lipinski definition) is 1. The van der Waals surface area contributed by atoms with Gasteiger partial charge < -0.3 is 9.84 Å². The summed E-state index contributed by atoms with van der Waals surface area (Å²) in [4.78, 5) is 15.5. The fraction of sp³-hybridized carbons (Fsp3) is 0. The van der Waals surface area contributed by atoms with Gasteiger partial charge in [-0.3, -0.25) is 0 Å². The molecule has 3 rings (SSSR count). The number of pyridine rings is 1. The lowest BCUT2D eigenvalue weighted by molar-refractivity contribution is 0.0694. The van der Waals surface area contributed by atoms with Crippen molar-refractivity contribution in [2.75, 3.05) is 0 Å². The van der Waals surface area contributed by atoms with E-state index in [2.05, 4.69) is 20.9 Å². The number of nitrogens with zero attached hydrogens (tertiary/aromatic N) is 1. The Morgan fingerprint density at radius 3 is 2.62 bits per heavy atom. The van der Waals surface area contributed by atoms with Crippen molar-refractivity contribution in [3.05, 3.63) is 64.8 Å². The maximum Gasteiger partial charge on any atom is 0.339 e. The average molecular weight is 344 g/mol. The lowest BCUT2D eigenvalue weighted by Crippen LogP contribution is -2.01. The molecular formula is C16H10BrNO3. The lowest BCUT2D eigenvalue weighted by atomic mass is 10.1. The first-order valence-corrected chi connectivity index (χ1v) is 6.99. The van der Waals surface area contributed by atoms with Crippen LogP contribution in [0, 0.1) is 0 Å². The van der Waals surface area contributed by atoms with Gasteiger partial charge in [0.2, 0.25) is 5.88 Å². The standard InChI is InChI=1S/C16H10BrNO3/c17-11-6-8-14(18-9-11)21-15-12-4-2-1-3-10(12)5-7-13(15)16(19)20/h1-9H,(H,19,20). The summed E-state index contributed by atoms with van der Waals surface area (Å²) in [7, 11) is 0. The minimum Gasteiger partial charge on any atom is -0.478 e. The van der Waals surface area contributed by atoms with Gasteiger partial charge in [-0.25, -0.2) is 9.78 Å². The number of aromatic carboxylic acids is 1. The van der Waals surface area contributed by atoms with Crippen LogP contribution < -0.4 is 4.74 Å². The molecule has 0 fully saturated rings. The van der Waals surface area contributed by atoms with Crippen LogP contribution in [0.4, 0.5) is 0 Å². The summed E-state index contributed by atoms with van der Waals surface area (Å²) in [5.41, 5.74) is 0.110. The van der Waals surface area contributed by atoms with Gasteiger partial charge in [-0.15, -0.1) is 0 Å². The van der Waals surface area contributed by atoms with E-state index in [0.717, 1.165) is 15.2 Å². The number of aromatic nitrogens is 1. The predicted octanol–water partition coefficient (Wildman–Crippen LogP) is 4.49. The van der Waals surface area contributed by atoms with E-state index in [1.165, 1.54) is 0 Å². The van der Waals surface area contributed by atoms with E-state index in [1.54, 1.807) is 30.5 Å². The fourth-order valence-corrected chi connectivity index (χ4v) is 2.28. The molecule has 21 heavy (non-hydrogen) atoms.